The van der Waals surface area contributed by atoms with Gasteiger partial charge in [-0.3, -0.25) is 9.69 Å². The molecule has 0 bridgehead atoms. The van der Waals surface area contributed by atoms with Crippen LogP contribution in [0, 0.1) is 32.1 Å². The van der Waals surface area contributed by atoms with Gasteiger partial charge < -0.3 is 10.5 Å². The topological polar surface area (TPSA) is 79.4 Å². The molecular weight excluding hydrogens is 529 g/mol. The van der Waals surface area contributed by atoms with Gasteiger partial charge in [0.15, 0.2) is 5.78 Å². The first kappa shape index (κ1) is 26.9. The number of ketones is 1. The highest BCUT2D eigenvalue weighted by Crippen LogP contribution is 2.48. The third-order valence-corrected chi connectivity index (χ3v) is 8.30. The van der Waals surface area contributed by atoms with Crippen molar-refractivity contribution in [2.45, 2.75) is 52.6 Å². The Balaban J connectivity index is 1.64. The molecule has 5 rings (SSSR count). The number of Topliss-reactive ketones (excluding diaryl/α,β-unsaturated/α-hetero) is 1. The lowest BCUT2D eigenvalue weighted by molar-refractivity contribution is -0.116. The van der Waals surface area contributed by atoms with E-state index in [4.69, 9.17) is 33.7 Å². The second-order valence-electron chi connectivity index (χ2n) is 10.1. The normalized spacial score (nSPS) is 17.3. The molecule has 5 nitrogen and oxygen atoms in total. The zero-order valence-corrected chi connectivity index (χ0v) is 23.7. The van der Waals surface area contributed by atoms with Gasteiger partial charge in [-0.2, -0.15) is 5.26 Å². The standard InChI is InChI=1S/C32H29Cl2N3O2/c1-18-14-19(2)24(15-21(18)17-39-23-12-10-22(33)11-13-23)30-25(16-35)32(36)37(27-7-4-6-26(34)20(27)3)28-8-5-9-29(38)31(28)30/h4,6-7,10-15,30H,5,8-9,17,36H2,1-3H3. The summed E-state index contributed by atoms with van der Waals surface area (Å²) < 4.78 is 6.05. The van der Waals surface area contributed by atoms with Gasteiger partial charge in [-0.25, -0.2) is 0 Å². The van der Waals surface area contributed by atoms with E-state index in [0.717, 1.165) is 45.6 Å². The van der Waals surface area contributed by atoms with E-state index in [-0.39, 0.29) is 5.78 Å². The quantitative estimate of drug-likeness (QED) is 0.346. The summed E-state index contributed by atoms with van der Waals surface area (Å²) in [7, 11) is 0. The Morgan fingerprint density at radius 1 is 1.05 bits per heavy atom. The Morgan fingerprint density at radius 3 is 2.51 bits per heavy atom. The van der Waals surface area contributed by atoms with E-state index in [1.54, 1.807) is 12.1 Å². The number of carbonyl (C=O) groups is 1. The number of ether oxygens (including phenoxy) is 1. The van der Waals surface area contributed by atoms with E-state index < -0.39 is 5.92 Å². The van der Waals surface area contributed by atoms with Crippen molar-refractivity contribution >= 4 is 34.7 Å². The van der Waals surface area contributed by atoms with Gasteiger partial charge in [-0.05, 0) is 97.8 Å². The Kier molecular flexibility index (Phi) is 7.44. The van der Waals surface area contributed by atoms with Crippen molar-refractivity contribution in [1.82, 2.24) is 0 Å². The van der Waals surface area contributed by atoms with Crippen LogP contribution in [0.5, 0.6) is 5.75 Å². The third kappa shape index (κ3) is 4.91. The average molecular weight is 559 g/mol. The molecule has 1 atom stereocenters. The zero-order chi connectivity index (χ0) is 27.8. The largest absolute Gasteiger partial charge is 0.489 e. The lowest BCUT2D eigenvalue weighted by Gasteiger charge is -2.40. The molecule has 0 fully saturated rings. The van der Waals surface area contributed by atoms with Crippen LogP contribution in [0.25, 0.3) is 0 Å². The Hall–Kier alpha value is -3.72. The molecule has 198 valence electrons. The fourth-order valence-corrected chi connectivity index (χ4v) is 5.88. The predicted octanol–water partition coefficient (Wildman–Crippen LogP) is 7.80. The van der Waals surface area contributed by atoms with Gasteiger partial charge in [-0.15, -0.1) is 0 Å². The fourth-order valence-electron chi connectivity index (χ4n) is 5.59. The number of hydrogen-bond acceptors (Lipinski definition) is 5. The van der Waals surface area contributed by atoms with E-state index in [2.05, 4.69) is 18.2 Å². The van der Waals surface area contributed by atoms with Gasteiger partial charge in [0.05, 0.1) is 23.2 Å². The highest BCUT2D eigenvalue weighted by molar-refractivity contribution is 6.31. The fraction of sp³-hybridized carbons (Fsp3) is 0.250. The van der Waals surface area contributed by atoms with Crippen molar-refractivity contribution in [3.63, 3.8) is 0 Å². The zero-order valence-electron chi connectivity index (χ0n) is 22.1. The van der Waals surface area contributed by atoms with Crippen molar-refractivity contribution in [3.8, 4) is 11.8 Å². The number of benzene rings is 3. The summed E-state index contributed by atoms with van der Waals surface area (Å²) in [6, 6.07) is 19.3. The summed E-state index contributed by atoms with van der Waals surface area (Å²) in [5.41, 5.74) is 14.2. The maximum absolute atomic E-state index is 13.6. The summed E-state index contributed by atoms with van der Waals surface area (Å²) in [6.45, 7) is 6.30. The van der Waals surface area contributed by atoms with Gasteiger partial charge in [0.25, 0.3) is 0 Å². The monoisotopic (exact) mass is 557 g/mol. The molecule has 0 spiro atoms. The van der Waals surface area contributed by atoms with Crippen LogP contribution < -0.4 is 15.4 Å². The molecule has 2 aliphatic rings. The van der Waals surface area contributed by atoms with E-state index in [1.165, 1.54) is 0 Å². The Bertz CT molecular complexity index is 1580. The first-order chi connectivity index (χ1) is 18.7. The average Bonchev–Trinajstić information content (AvgIpc) is 2.91. The second kappa shape index (κ2) is 10.8. The SMILES string of the molecule is Cc1cc(C)c(C2C(C#N)=C(N)N(c3cccc(Cl)c3C)C3=C2C(=O)CCC3)cc1COc1ccc(Cl)cc1. The number of carbonyl (C=O) groups excluding carboxylic acids is 1. The van der Waals surface area contributed by atoms with Crippen LogP contribution in [0.1, 0.15) is 53.0 Å². The molecule has 39 heavy (non-hydrogen) atoms. The van der Waals surface area contributed by atoms with Crippen LogP contribution in [0.4, 0.5) is 5.69 Å². The van der Waals surface area contributed by atoms with Crippen LogP contribution in [-0.4, -0.2) is 5.78 Å². The maximum atomic E-state index is 13.6. The molecule has 0 saturated heterocycles. The molecule has 7 heteroatoms. The second-order valence-corrected chi connectivity index (χ2v) is 10.9. The molecule has 1 unspecified atom stereocenters. The number of aryl methyl sites for hydroxylation is 2. The Morgan fingerprint density at radius 2 is 1.79 bits per heavy atom. The third-order valence-electron chi connectivity index (χ3n) is 7.64. The van der Waals surface area contributed by atoms with Gasteiger partial charge in [0, 0.05) is 27.7 Å². The van der Waals surface area contributed by atoms with Gasteiger partial charge >= 0.3 is 0 Å². The number of rotatable bonds is 5. The van der Waals surface area contributed by atoms with E-state index in [1.807, 2.05) is 56.0 Å². The minimum atomic E-state index is -0.552. The lowest BCUT2D eigenvalue weighted by atomic mass is 9.74. The maximum Gasteiger partial charge on any atom is 0.161 e. The van der Waals surface area contributed by atoms with Crippen molar-refractivity contribution in [2.24, 2.45) is 5.73 Å². The molecule has 1 aliphatic carbocycles. The van der Waals surface area contributed by atoms with Crippen molar-refractivity contribution in [3.05, 3.63) is 115 Å². The van der Waals surface area contributed by atoms with Crippen LogP contribution in [-0.2, 0) is 11.4 Å². The molecule has 0 aromatic heterocycles. The van der Waals surface area contributed by atoms with E-state index in [9.17, 15) is 10.1 Å². The summed E-state index contributed by atoms with van der Waals surface area (Å²) >= 11 is 12.5. The minimum Gasteiger partial charge on any atom is -0.489 e. The van der Waals surface area contributed by atoms with Crippen LogP contribution in [0.3, 0.4) is 0 Å². The minimum absolute atomic E-state index is 0.0464. The number of hydrogen-bond donors (Lipinski definition) is 1. The van der Waals surface area contributed by atoms with Crippen LogP contribution in [0.15, 0.2) is 77.3 Å². The first-order valence-corrected chi connectivity index (χ1v) is 13.7. The van der Waals surface area contributed by atoms with E-state index in [0.29, 0.717) is 52.2 Å². The summed E-state index contributed by atoms with van der Waals surface area (Å²) in [4.78, 5) is 15.5. The summed E-state index contributed by atoms with van der Waals surface area (Å²) in [6.07, 6.45) is 1.84. The van der Waals surface area contributed by atoms with Crippen molar-refractivity contribution < 1.29 is 9.53 Å². The Labute approximate surface area is 239 Å². The molecule has 0 radical (unpaired) electrons. The van der Waals surface area contributed by atoms with Crippen molar-refractivity contribution in [1.29, 1.82) is 5.26 Å². The van der Waals surface area contributed by atoms with Crippen LogP contribution in [0.2, 0.25) is 10.0 Å². The summed E-state index contributed by atoms with van der Waals surface area (Å²) in [5.74, 6) is 0.536. The molecule has 1 heterocycles. The van der Waals surface area contributed by atoms with Crippen LogP contribution >= 0.6 is 23.2 Å². The first-order valence-electron chi connectivity index (χ1n) is 12.9. The van der Waals surface area contributed by atoms with Crippen molar-refractivity contribution in [2.75, 3.05) is 4.90 Å². The molecule has 1 aliphatic heterocycles. The van der Waals surface area contributed by atoms with Gasteiger partial charge in [0.1, 0.15) is 18.2 Å². The predicted molar refractivity (Wildman–Crippen MR) is 156 cm³/mol. The summed E-state index contributed by atoms with van der Waals surface area (Å²) in [5, 5.41) is 11.7. The van der Waals surface area contributed by atoms with Gasteiger partial charge in [-0.1, -0.05) is 41.4 Å². The molecule has 2 N–H and O–H groups in total. The highest BCUT2D eigenvalue weighted by Gasteiger charge is 2.41. The van der Waals surface area contributed by atoms with E-state index >= 15 is 0 Å². The number of allylic oxidation sites excluding steroid dienone is 3. The number of halogens is 2. The number of nitriles is 1. The number of nitrogens with two attached hydrogens (primary N) is 1. The highest BCUT2D eigenvalue weighted by atomic mass is 35.5. The molecule has 0 amide bonds. The number of nitrogens with zero attached hydrogens (tertiary/aromatic N) is 2. The molecule has 3 aromatic carbocycles. The molecule has 0 saturated carbocycles. The molecular formula is C32H29Cl2N3O2. The lowest BCUT2D eigenvalue weighted by Crippen LogP contribution is -2.39. The molecule has 3 aromatic rings. The number of anilines is 1. The smallest absolute Gasteiger partial charge is 0.161 e. The van der Waals surface area contributed by atoms with Gasteiger partial charge in [0.2, 0.25) is 0 Å².